The van der Waals surface area contributed by atoms with Gasteiger partial charge in [0, 0.05) is 17.1 Å². The van der Waals surface area contributed by atoms with Crippen molar-refractivity contribution < 1.29 is 18.0 Å². The molecule has 1 aliphatic rings. The summed E-state index contributed by atoms with van der Waals surface area (Å²) in [4.78, 5) is 11.9. The molecule has 1 aliphatic carbocycles. The Labute approximate surface area is 129 Å². The van der Waals surface area contributed by atoms with Crippen molar-refractivity contribution in [2.24, 2.45) is 0 Å². The molecule has 116 valence electrons. The van der Waals surface area contributed by atoms with Crippen molar-refractivity contribution >= 4 is 21.8 Å². The Morgan fingerprint density at radius 1 is 1.29 bits per heavy atom. The molecule has 0 spiro atoms. The van der Waals surface area contributed by atoms with Crippen molar-refractivity contribution in [2.45, 2.75) is 31.5 Å². The number of amides is 1. The van der Waals surface area contributed by atoms with E-state index in [0.717, 1.165) is 12.6 Å². The van der Waals surface area contributed by atoms with Crippen LogP contribution in [-0.4, -0.2) is 25.0 Å². The lowest BCUT2D eigenvalue weighted by Crippen LogP contribution is -2.29. The number of carbonyl (C=O) groups excluding carboxylic acids is 1. The minimum absolute atomic E-state index is 0.292. The summed E-state index contributed by atoms with van der Waals surface area (Å²) >= 11 is 2.99. The lowest BCUT2D eigenvalue weighted by Gasteiger charge is -2.13. The Morgan fingerprint density at radius 2 is 2.00 bits per heavy atom. The molecule has 0 bridgehead atoms. The third kappa shape index (κ3) is 5.00. The molecule has 0 unspecified atom stereocenters. The van der Waals surface area contributed by atoms with Crippen LogP contribution in [0.1, 0.15) is 35.2 Å². The van der Waals surface area contributed by atoms with E-state index in [-0.39, 0.29) is 5.56 Å². The van der Waals surface area contributed by atoms with E-state index >= 15 is 0 Å². The van der Waals surface area contributed by atoms with Crippen LogP contribution in [0.15, 0.2) is 22.7 Å². The summed E-state index contributed by atoms with van der Waals surface area (Å²) in [6.45, 7) is 1.11. The standard InChI is InChI=1S/C14H16BrF3N2O/c15-9-2-5-11(12(8-9)14(16,17)18)13(21)20-7-1-6-19-10-3-4-10/h2,5,8,10,19H,1,3-4,6-7H2,(H,20,21). The molecule has 3 nitrogen and oxygen atoms in total. The van der Waals surface area contributed by atoms with E-state index < -0.39 is 17.6 Å². The van der Waals surface area contributed by atoms with Crippen molar-refractivity contribution in [3.63, 3.8) is 0 Å². The number of hydrogen-bond donors (Lipinski definition) is 2. The van der Waals surface area contributed by atoms with E-state index in [2.05, 4.69) is 26.6 Å². The molecule has 2 N–H and O–H groups in total. The average Bonchev–Trinajstić information content (AvgIpc) is 3.21. The molecule has 21 heavy (non-hydrogen) atoms. The van der Waals surface area contributed by atoms with Gasteiger partial charge in [-0.15, -0.1) is 0 Å². The summed E-state index contributed by atoms with van der Waals surface area (Å²) < 4.78 is 39.0. The van der Waals surface area contributed by atoms with Gasteiger partial charge >= 0.3 is 6.18 Å². The topological polar surface area (TPSA) is 41.1 Å². The summed E-state index contributed by atoms with van der Waals surface area (Å²) in [5.74, 6) is -0.693. The van der Waals surface area contributed by atoms with Crippen LogP contribution in [0.5, 0.6) is 0 Å². The highest BCUT2D eigenvalue weighted by atomic mass is 79.9. The molecular formula is C14H16BrF3N2O. The molecule has 1 fully saturated rings. The molecule has 0 atom stereocenters. The maximum absolute atomic E-state index is 12.9. The predicted molar refractivity (Wildman–Crippen MR) is 77.1 cm³/mol. The largest absolute Gasteiger partial charge is 0.417 e. The second-order valence-electron chi connectivity index (χ2n) is 5.03. The third-order valence-corrected chi connectivity index (χ3v) is 3.67. The first-order valence-electron chi connectivity index (χ1n) is 6.76. The Morgan fingerprint density at radius 3 is 2.62 bits per heavy atom. The molecule has 1 amide bonds. The maximum atomic E-state index is 12.9. The minimum Gasteiger partial charge on any atom is -0.352 e. The van der Waals surface area contributed by atoms with E-state index in [1.807, 2.05) is 0 Å². The molecule has 7 heteroatoms. The van der Waals surface area contributed by atoms with Gasteiger partial charge in [-0.1, -0.05) is 15.9 Å². The van der Waals surface area contributed by atoms with Gasteiger partial charge in [0.1, 0.15) is 0 Å². The number of alkyl halides is 3. The summed E-state index contributed by atoms with van der Waals surface area (Å²) in [6, 6.07) is 4.12. The fourth-order valence-corrected chi connectivity index (χ4v) is 2.29. The summed E-state index contributed by atoms with van der Waals surface area (Å²) in [5, 5.41) is 5.81. The zero-order chi connectivity index (χ0) is 15.5. The number of nitrogens with one attached hydrogen (secondary N) is 2. The number of hydrogen-bond acceptors (Lipinski definition) is 2. The van der Waals surface area contributed by atoms with Gasteiger partial charge in [0.25, 0.3) is 5.91 Å². The van der Waals surface area contributed by atoms with Gasteiger partial charge in [-0.2, -0.15) is 13.2 Å². The van der Waals surface area contributed by atoms with Crippen molar-refractivity contribution in [3.05, 3.63) is 33.8 Å². The van der Waals surface area contributed by atoms with E-state index in [0.29, 0.717) is 23.5 Å². The van der Waals surface area contributed by atoms with Gasteiger partial charge in [-0.05, 0) is 44.0 Å². The second kappa shape index (κ2) is 6.79. The van der Waals surface area contributed by atoms with E-state index in [1.54, 1.807) is 0 Å². The summed E-state index contributed by atoms with van der Waals surface area (Å²) in [6.07, 6.45) is -1.50. The second-order valence-corrected chi connectivity index (χ2v) is 5.94. The Balaban J connectivity index is 1.91. The highest BCUT2D eigenvalue weighted by molar-refractivity contribution is 9.10. The van der Waals surface area contributed by atoms with Crippen LogP contribution in [0, 0.1) is 0 Å². The molecule has 1 aromatic rings. The molecule has 1 aromatic carbocycles. The fraction of sp³-hybridized carbons (Fsp3) is 0.500. The van der Waals surface area contributed by atoms with Crippen LogP contribution >= 0.6 is 15.9 Å². The first-order valence-corrected chi connectivity index (χ1v) is 7.55. The Bertz CT molecular complexity index is 515. The summed E-state index contributed by atoms with van der Waals surface area (Å²) in [7, 11) is 0. The van der Waals surface area contributed by atoms with E-state index in [4.69, 9.17) is 0 Å². The monoisotopic (exact) mass is 364 g/mol. The van der Waals surface area contributed by atoms with E-state index in [1.165, 1.54) is 25.0 Å². The van der Waals surface area contributed by atoms with Gasteiger partial charge in [-0.25, -0.2) is 0 Å². The molecule has 2 rings (SSSR count). The lowest BCUT2D eigenvalue weighted by molar-refractivity contribution is -0.138. The van der Waals surface area contributed by atoms with Gasteiger partial charge in [0.15, 0.2) is 0 Å². The molecule has 0 aliphatic heterocycles. The Hall–Kier alpha value is -1.08. The highest BCUT2D eigenvalue weighted by Gasteiger charge is 2.35. The van der Waals surface area contributed by atoms with Gasteiger partial charge in [0.2, 0.25) is 0 Å². The molecule has 1 saturated carbocycles. The molecular weight excluding hydrogens is 349 g/mol. The SMILES string of the molecule is O=C(NCCCNC1CC1)c1ccc(Br)cc1C(F)(F)F. The molecule has 0 saturated heterocycles. The number of halogens is 4. The quantitative estimate of drug-likeness (QED) is 0.760. The highest BCUT2D eigenvalue weighted by Crippen LogP contribution is 2.33. The first kappa shape index (κ1) is 16.3. The van der Waals surface area contributed by atoms with Crippen molar-refractivity contribution in [2.75, 3.05) is 13.1 Å². The van der Waals surface area contributed by atoms with Gasteiger partial charge in [-0.3, -0.25) is 4.79 Å². The smallest absolute Gasteiger partial charge is 0.352 e. The number of benzene rings is 1. The third-order valence-electron chi connectivity index (χ3n) is 3.18. The van der Waals surface area contributed by atoms with Crippen LogP contribution < -0.4 is 10.6 Å². The molecule has 0 radical (unpaired) electrons. The maximum Gasteiger partial charge on any atom is 0.417 e. The average molecular weight is 365 g/mol. The number of carbonyl (C=O) groups is 1. The van der Waals surface area contributed by atoms with Crippen LogP contribution in [0.2, 0.25) is 0 Å². The molecule has 0 heterocycles. The van der Waals surface area contributed by atoms with Crippen LogP contribution in [0.3, 0.4) is 0 Å². The van der Waals surface area contributed by atoms with Crippen LogP contribution in [0.4, 0.5) is 13.2 Å². The first-order chi connectivity index (χ1) is 9.88. The van der Waals surface area contributed by atoms with Crippen molar-refractivity contribution in [1.82, 2.24) is 10.6 Å². The van der Waals surface area contributed by atoms with Crippen molar-refractivity contribution in [3.8, 4) is 0 Å². The summed E-state index contributed by atoms with van der Waals surface area (Å²) in [5.41, 5.74) is -1.27. The zero-order valence-electron chi connectivity index (χ0n) is 11.3. The fourth-order valence-electron chi connectivity index (χ4n) is 1.93. The number of rotatable bonds is 6. The van der Waals surface area contributed by atoms with Crippen LogP contribution in [0.25, 0.3) is 0 Å². The van der Waals surface area contributed by atoms with Crippen molar-refractivity contribution in [1.29, 1.82) is 0 Å². The minimum atomic E-state index is -4.55. The zero-order valence-corrected chi connectivity index (χ0v) is 12.9. The lowest BCUT2D eigenvalue weighted by atomic mass is 10.1. The predicted octanol–water partition coefficient (Wildman–Crippen LogP) is 3.34. The van der Waals surface area contributed by atoms with Gasteiger partial charge in [0.05, 0.1) is 11.1 Å². The normalized spacial score (nSPS) is 15.0. The van der Waals surface area contributed by atoms with E-state index in [9.17, 15) is 18.0 Å². The van der Waals surface area contributed by atoms with Crippen LogP contribution in [-0.2, 0) is 6.18 Å². The Kier molecular flexibility index (Phi) is 5.27. The molecule has 0 aromatic heterocycles. The van der Waals surface area contributed by atoms with Gasteiger partial charge < -0.3 is 10.6 Å².